The van der Waals surface area contributed by atoms with E-state index in [2.05, 4.69) is 36.9 Å². The van der Waals surface area contributed by atoms with E-state index < -0.39 is 0 Å². The largest absolute Gasteiger partial charge is 0.348 e. The fraction of sp³-hybridized carbons (Fsp3) is 0.667. The van der Waals surface area contributed by atoms with Gasteiger partial charge in [0.2, 0.25) is 5.91 Å². The lowest BCUT2D eigenvalue weighted by molar-refractivity contribution is -0.134. The average Bonchev–Trinajstić information content (AvgIpc) is 3.34. The first-order valence-electron chi connectivity index (χ1n) is 9.41. The Morgan fingerprint density at radius 1 is 1.42 bits per heavy atom. The number of aromatic amines is 1. The zero-order valence-corrected chi connectivity index (χ0v) is 15.7. The normalized spacial score (nSPS) is 24.7. The summed E-state index contributed by atoms with van der Waals surface area (Å²) in [7, 11) is 1.98. The number of hydrogen-bond donors (Lipinski definition) is 1. The topological polar surface area (TPSA) is 82.9 Å². The zero-order valence-electron chi connectivity index (χ0n) is 15.7. The molecule has 0 bridgehead atoms. The molecule has 140 valence electrons. The number of aryl methyl sites for hydroxylation is 2. The third-order valence-corrected chi connectivity index (χ3v) is 6.05. The van der Waals surface area contributed by atoms with E-state index in [0.29, 0.717) is 18.4 Å². The van der Waals surface area contributed by atoms with Gasteiger partial charge in [-0.3, -0.25) is 9.69 Å². The molecule has 1 unspecified atom stereocenters. The van der Waals surface area contributed by atoms with Gasteiger partial charge in [0.25, 0.3) is 0 Å². The van der Waals surface area contributed by atoms with Gasteiger partial charge in [-0.15, -0.1) is 10.2 Å². The van der Waals surface area contributed by atoms with Gasteiger partial charge in [0.1, 0.15) is 12.2 Å². The number of likely N-dealkylation sites (tertiary alicyclic amines) is 2. The number of carbonyl (C=O) groups excluding carboxylic acids is 1. The van der Waals surface area contributed by atoms with Crippen LogP contribution in [0.15, 0.2) is 12.7 Å². The number of carbonyl (C=O) groups is 1. The molecule has 0 radical (unpaired) electrons. The lowest BCUT2D eigenvalue weighted by Crippen LogP contribution is -2.49. The molecule has 0 aliphatic carbocycles. The van der Waals surface area contributed by atoms with E-state index in [0.717, 1.165) is 43.3 Å². The number of fused-ring (bicyclic) bond motifs is 1. The summed E-state index contributed by atoms with van der Waals surface area (Å²) in [6, 6.07) is 0.504. The van der Waals surface area contributed by atoms with Crippen LogP contribution in [0.4, 0.5) is 0 Å². The van der Waals surface area contributed by atoms with Crippen LogP contribution in [0.2, 0.25) is 0 Å². The van der Waals surface area contributed by atoms with Crippen LogP contribution >= 0.6 is 0 Å². The molecule has 8 nitrogen and oxygen atoms in total. The van der Waals surface area contributed by atoms with Gasteiger partial charge < -0.3 is 14.5 Å². The minimum absolute atomic E-state index is 0.197. The van der Waals surface area contributed by atoms with Crippen LogP contribution in [-0.2, 0) is 18.3 Å². The Morgan fingerprint density at radius 2 is 2.27 bits per heavy atom. The van der Waals surface area contributed by atoms with Crippen molar-refractivity contribution in [2.45, 2.75) is 45.2 Å². The second-order valence-corrected chi connectivity index (χ2v) is 7.64. The minimum atomic E-state index is 0.197. The van der Waals surface area contributed by atoms with Crippen molar-refractivity contribution < 1.29 is 4.79 Å². The minimum Gasteiger partial charge on any atom is -0.348 e. The molecule has 2 aromatic heterocycles. The van der Waals surface area contributed by atoms with Gasteiger partial charge in [0.15, 0.2) is 0 Å². The van der Waals surface area contributed by atoms with Crippen molar-refractivity contribution in [2.75, 3.05) is 19.6 Å². The summed E-state index contributed by atoms with van der Waals surface area (Å²) in [5, 5.41) is 8.28. The summed E-state index contributed by atoms with van der Waals surface area (Å²) < 4.78 is 1.98. The molecule has 2 aromatic rings. The second kappa shape index (κ2) is 6.83. The summed E-state index contributed by atoms with van der Waals surface area (Å²) in [5.74, 6) is 1.72. The maximum absolute atomic E-state index is 12.9. The van der Waals surface area contributed by atoms with E-state index in [9.17, 15) is 4.79 Å². The van der Waals surface area contributed by atoms with E-state index in [-0.39, 0.29) is 11.9 Å². The fourth-order valence-corrected chi connectivity index (χ4v) is 4.48. The molecule has 2 saturated heterocycles. The maximum Gasteiger partial charge on any atom is 0.228 e. The average molecular weight is 357 g/mol. The van der Waals surface area contributed by atoms with Gasteiger partial charge in [-0.25, -0.2) is 4.98 Å². The molecule has 0 aromatic carbocycles. The van der Waals surface area contributed by atoms with Crippen LogP contribution in [0, 0.1) is 12.8 Å². The van der Waals surface area contributed by atoms with Crippen LogP contribution in [0.5, 0.6) is 0 Å². The van der Waals surface area contributed by atoms with Crippen molar-refractivity contribution in [1.82, 2.24) is 34.5 Å². The summed E-state index contributed by atoms with van der Waals surface area (Å²) in [5.41, 5.74) is 1.84. The van der Waals surface area contributed by atoms with Gasteiger partial charge >= 0.3 is 0 Å². The van der Waals surface area contributed by atoms with Crippen LogP contribution in [0.1, 0.15) is 43.0 Å². The number of rotatable bonds is 4. The third-order valence-electron chi connectivity index (χ3n) is 6.05. The molecular formula is C18H27N7O. The summed E-state index contributed by atoms with van der Waals surface area (Å²) in [4.78, 5) is 24.9. The van der Waals surface area contributed by atoms with Crippen molar-refractivity contribution in [3.8, 4) is 0 Å². The van der Waals surface area contributed by atoms with Gasteiger partial charge in [-0.05, 0) is 32.6 Å². The Morgan fingerprint density at radius 3 is 2.96 bits per heavy atom. The highest BCUT2D eigenvalue weighted by atomic mass is 16.2. The first-order chi connectivity index (χ1) is 12.5. The number of nitrogens with one attached hydrogen (secondary N) is 1. The van der Waals surface area contributed by atoms with E-state index in [1.807, 2.05) is 18.5 Å². The molecule has 8 heteroatoms. The molecule has 2 aliphatic heterocycles. The molecule has 26 heavy (non-hydrogen) atoms. The Bertz CT molecular complexity index is 782. The second-order valence-electron chi connectivity index (χ2n) is 7.64. The molecule has 0 spiro atoms. The maximum atomic E-state index is 12.9. The molecule has 4 rings (SSSR count). The monoisotopic (exact) mass is 357 g/mol. The SMILES string of the molecule is Cc1[nH]cnc1CC(=O)N1CCC[C@H]2CN(C(C)c3nncn3C)C[C@H]21. The highest BCUT2D eigenvalue weighted by molar-refractivity contribution is 5.79. The van der Waals surface area contributed by atoms with Crippen molar-refractivity contribution in [1.29, 1.82) is 0 Å². The number of amides is 1. The Labute approximate surface area is 153 Å². The zero-order chi connectivity index (χ0) is 18.3. The number of piperidine rings is 1. The van der Waals surface area contributed by atoms with E-state index in [4.69, 9.17) is 0 Å². The molecule has 0 saturated carbocycles. The molecule has 2 aliphatic rings. The Kier molecular flexibility index (Phi) is 4.52. The first kappa shape index (κ1) is 17.2. The summed E-state index contributed by atoms with van der Waals surface area (Å²) in [6.45, 7) is 6.93. The Balaban J connectivity index is 1.47. The predicted octanol–water partition coefficient (Wildman–Crippen LogP) is 1.07. The van der Waals surface area contributed by atoms with Crippen molar-refractivity contribution in [2.24, 2.45) is 13.0 Å². The molecular weight excluding hydrogens is 330 g/mol. The number of imidazole rings is 1. The van der Waals surface area contributed by atoms with E-state index in [1.165, 1.54) is 6.42 Å². The van der Waals surface area contributed by atoms with Crippen molar-refractivity contribution >= 4 is 5.91 Å². The number of nitrogens with zero attached hydrogens (tertiary/aromatic N) is 6. The van der Waals surface area contributed by atoms with Crippen LogP contribution in [-0.4, -0.2) is 66.1 Å². The summed E-state index contributed by atoms with van der Waals surface area (Å²) >= 11 is 0. The predicted molar refractivity (Wildman–Crippen MR) is 96.2 cm³/mol. The number of aromatic nitrogens is 5. The van der Waals surface area contributed by atoms with Gasteiger partial charge in [-0.1, -0.05) is 0 Å². The molecule has 1 N–H and O–H groups in total. The van der Waals surface area contributed by atoms with Gasteiger partial charge in [0.05, 0.1) is 24.5 Å². The Hall–Kier alpha value is -2.22. The molecule has 1 amide bonds. The van der Waals surface area contributed by atoms with Crippen LogP contribution < -0.4 is 0 Å². The highest BCUT2D eigenvalue weighted by Crippen LogP contribution is 2.35. The first-order valence-corrected chi connectivity index (χ1v) is 9.41. The van der Waals surface area contributed by atoms with E-state index >= 15 is 0 Å². The molecule has 3 atom stereocenters. The third kappa shape index (κ3) is 3.02. The molecule has 2 fully saturated rings. The fourth-order valence-electron chi connectivity index (χ4n) is 4.48. The smallest absolute Gasteiger partial charge is 0.228 e. The summed E-state index contributed by atoms with van der Waals surface area (Å²) in [6.07, 6.45) is 6.07. The lowest BCUT2D eigenvalue weighted by Gasteiger charge is -2.37. The van der Waals surface area contributed by atoms with Gasteiger partial charge in [-0.2, -0.15) is 0 Å². The molecule has 4 heterocycles. The number of hydrogen-bond acceptors (Lipinski definition) is 5. The lowest BCUT2D eigenvalue weighted by atomic mass is 9.91. The van der Waals surface area contributed by atoms with Crippen molar-refractivity contribution in [3.63, 3.8) is 0 Å². The quantitative estimate of drug-likeness (QED) is 0.885. The van der Waals surface area contributed by atoms with Gasteiger partial charge in [0, 0.05) is 38.4 Å². The van der Waals surface area contributed by atoms with Crippen LogP contribution in [0.25, 0.3) is 0 Å². The van der Waals surface area contributed by atoms with E-state index in [1.54, 1.807) is 12.7 Å². The standard InChI is InChI=1S/C18H27N7O/c1-12-15(20-10-19-12)7-17(26)25-6-4-5-14-8-24(9-16(14)25)13(2)18-22-21-11-23(18)3/h10-11,13-14,16H,4-9H2,1-3H3,(H,19,20)/t13?,14-,16+/m0/s1. The van der Waals surface area contributed by atoms with Crippen molar-refractivity contribution in [3.05, 3.63) is 29.9 Å². The number of H-pyrrole nitrogens is 1. The highest BCUT2D eigenvalue weighted by Gasteiger charge is 2.42. The van der Waals surface area contributed by atoms with Crippen LogP contribution in [0.3, 0.4) is 0 Å².